The molecule has 2 atom stereocenters. The third kappa shape index (κ3) is 2.63. The van der Waals surface area contributed by atoms with Crippen molar-refractivity contribution in [1.82, 2.24) is 0 Å². The number of benzene rings is 1. The van der Waals surface area contributed by atoms with Crippen molar-refractivity contribution < 1.29 is 27.8 Å². The Morgan fingerprint density at radius 3 is 2.95 bits per heavy atom. The van der Waals surface area contributed by atoms with E-state index in [2.05, 4.69) is 0 Å². The van der Waals surface area contributed by atoms with Gasteiger partial charge in [0.2, 0.25) is 0 Å². The maximum atomic E-state index is 13.6. The van der Waals surface area contributed by atoms with Crippen LogP contribution in [-0.4, -0.2) is 31.3 Å². The number of likely N-dealkylation sites (tertiary alicyclic amines) is 1. The van der Waals surface area contributed by atoms with E-state index in [1.807, 2.05) is 0 Å². The van der Waals surface area contributed by atoms with Crippen LogP contribution >= 0.6 is 0 Å². The largest absolute Gasteiger partial charge is 0.633 e. The zero-order valence-electron chi connectivity index (χ0n) is 17.4. The summed E-state index contributed by atoms with van der Waals surface area (Å²) in [5.74, 6) is -2.27. The van der Waals surface area contributed by atoms with Crippen LogP contribution in [0.25, 0.3) is 0 Å². The highest BCUT2D eigenvalue weighted by Gasteiger charge is 2.46. The molecule has 0 saturated carbocycles. The second-order valence-electron chi connectivity index (χ2n) is 4.59. The lowest BCUT2D eigenvalue weighted by Gasteiger charge is -2.40. The highest BCUT2D eigenvalue weighted by molar-refractivity contribution is 5.25. The second-order valence-corrected chi connectivity index (χ2v) is 4.59. The van der Waals surface area contributed by atoms with Gasteiger partial charge in [-0.3, -0.25) is 0 Å². The molecule has 1 aromatic rings. The lowest BCUT2D eigenvalue weighted by Crippen LogP contribution is -2.44. The summed E-state index contributed by atoms with van der Waals surface area (Å²) in [6, 6.07) is 2.88. The summed E-state index contributed by atoms with van der Waals surface area (Å²) in [4.78, 5) is 0. The third-order valence-electron chi connectivity index (χ3n) is 3.48. The van der Waals surface area contributed by atoms with Crippen molar-refractivity contribution in [2.75, 3.05) is 26.7 Å². The zero-order valence-corrected chi connectivity index (χ0v) is 10.4. The first-order valence-electron chi connectivity index (χ1n) is 9.22. The van der Waals surface area contributed by atoms with Crippen molar-refractivity contribution in [3.63, 3.8) is 0 Å². The van der Waals surface area contributed by atoms with E-state index in [-0.39, 0.29) is 12.0 Å². The van der Waals surface area contributed by atoms with Gasteiger partial charge in [0.25, 0.3) is 0 Å². The molecule has 2 unspecified atom stereocenters. The van der Waals surface area contributed by atoms with Gasteiger partial charge in [-0.25, -0.2) is 8.78 Å². The van der Waals surface area contributed by atoms with Crippen LogP contribution in [-0.2, 0) is 10.3 Å². The van der Waals surface area contributed by atoms with Gasteiger partial charge in [0, 0.05) is 20.4 Å². The Labute approximate surface area is 121 Å². The van der Waals surface area contributed by atoms with E-state index in [0.717, 1.165) is 12.1 Å². The second kappa shape index (κ2) is 5.15. The van der Waals surface area contributed by atoms with Crippen molar-refractivity contribution in [1.29, 1.82) is 0 Å². The summed E-state index contributed by atoms with van der Waals surface area (Å²) in [6.07, 6.45) is -3.55. The number of rotatable bonds is 4. The van der Waals surface area contributed by atoms with Crippen molar-refractivity contribution in [2.24, 2.45) is 0 Å². The minimum Gasteiger partial charge on any atom is -0.633 e. The van der Waals surface area contributed by atoms with Crippen LogP contribution in [0, 0.1) is 16.8 Å². The van der Waals surface area contributed by atoms with Crippen molar-refractivity contribution >= 4 is 0 Å². The number of hydrogen-bond acceptors (Lipinski definition) is 2. The minimum absolute atomic E-state index is 0.0972. The Morgan fingerprint density at radius 2 is 2.32 bits per heavy atom. The molecule has 2 rings (SSSR count). The Morgan fingerprint density at radius 1 is 1.53 bits per heavy atom. The molecule has 0 radical (unpaired) electrons. The number of quaternary nitrogens is 1. The highest BCUT2D eigenvalue weighted by atomic mass is 19.2. The third-order valence-corrected chi connectivity index (χ3v) is 3.48. The molecule has 106 valence electrons. The van der Waals surface area contributed by atoms with Gasteiger partial charge in [0.15, 0.2) is 11.6 Å². The predicted octanol–water partition coefficient (Wildman–Crippen LogP) is 2.93. The van der Waals surface area contributed by atoms with E-state index in [1.54, 1.807) is 0 Å². The monoisotopic (exact) mass is 278 g/mol. The number of halogens is 2. The first-order chi connectivity index (χ1) is 11.6. The lowest BCUT2D eigenvalue weighted by atomic mass is 9.92. The fourth-order valence-corrected chi connectivity index (χ4v) is 2.43. The molecule has 1 aromatic carbocycles. The molecule has 1 fully saturated rings. The molecule has 1 heterocycles. The molecule has 1 aliphatic rings. The summed E-state index contributed by atoms with van der Waals surface area (Å²) < 4.78 is 83.3. The van der Waals surface area contributed by atoms with Crippen molar-refractivity contribution in [3.8, 4) is 0 Å². The van der Waals surface area contributed by atoms with E-state index >= 15 is 0 Å². The average molecular weight is 278 g/mol. The van der Waals surface area contributed by atoms with E-state index < -0.39 is 54.7 Å². The zero-order chi connectivity index (χ0) is 20.2. The van der Waals surface area contributed by atoms with Crippen LogP contribution in [0.5, 0.6) is 0 Å². The highest BCUT2D eigenvalue weighted by Crippen LogP contribution is 2.39. The van der Waals surface area contributed by atoms with Crippen molar-refractivity contribution in [3.05, 3.63) is 40.6 Å². The predicted molar refractivity (Wildman–Crippen MR) is 68.2 cm³/mol. The van der Waals surface area contributed by atoms with E-state index in [1.165, 1.54) is 13.2 Å². The number of hydrogen-bond donors (Lipinski definition) is 0. The van der Waals surface area contributed by atoms with Gasteiger partial charge in [-0.1, -0.05) is 12.9 Å². The summed E-state index contributed by atoms with van der Waals surface area (Å²) in [5, 5.41) is 13.1. The van der Waals surface area contributed by atoms with Gasteiger partial charge in [-0.2, -0.15) is 0 Å². The Hall–Kier alpha value is -1.04. The summed E-state index contributed by atoms with van der Waals surface area (Å²) in [5.41, 5.74) is -1.39. The number of nitrogens with zero attached hydrogens (tertiary/aromatic N) is 1. The fraction of sp³-hybridized carbons (Fsp3) is 0.571. The summed E-state index contributed by atoms with van der Waals surface area (Å²) >= 11 is 0. The van der Waals surface area contributed by atoms with Crippen LogP contribution in [0.15, 0.2) is 18.2 Å². The molecule has 1 aliphatic heterocycles. The first-order valence-corrected chi connectivity index (χ1v) is 5.72. The van der Waals surface area contributed by atoms with Crippen LogP contribution in [0.4, 0.5) is 8.78 Å². The molecule has 1 saturated heterocycles. The van der Waals surface area contributed by atoms with Crippen LogP contribution in [0.3, 0.4) is 0 Å². The van der Waals surface area contributed by atoms with Gasteiger partial charge in [0.05, 0.1) is 15.8 Å². The van der Waals surface area contributed by atoms with Crippen molar-refractivity contribution in [2.45, 2.75) is 25.2 Å². The van der Waals surface area contributed by atoms with E-state index in [4.69, 9.17) is 14.3 Å². The SMILES string of the molecule is [2H]C([2H])([2H])C([2H])([2H])C([2H])([2H])[N+]1([O-])CCC(OC)(c2ccc(F)c(F)c2)C1. The van der Waals surface area contributed by atoms with Crippen LogP contribution in [0.1, 0.15) is 34.8 Å². The molecule has 0 aliphatic carbocycles. The van der Waals surface area contributed by atoms with Gasteiger partial charge < -0.3 is 14.6 Å². The lowest BCUT2D eigenvalue weighted by molar-refractivity contribution is -0.871. The Bertz CT molecular complexity index is 700. The van der Waals surface area contributed by atoms with Crippen LogP contribution in [0.2, 0.25) is 0 Å². The molecular weight excluding hydrogens is 252 g/mol. The van der Waals surface area contributed by atoms with E-state index in [0.29, 0.717) is 0 Å². The number of methoxy groups -OCH3 is 1. The fourth-order valence-electron chi connectivity index (χ4n) is 2.43. The molecule has 3 nitrogen and oxygen atoms in total. The minimum atomic E-state index is -3.43. The number of hydroxylamine groups is 3. The first kappa shape index (κ1) is 7.67. The molecule has 5 heteroatoms. The van der Waals surface area contributed by atoms with Gasteiger partial charge in [-0.15, -0.1) is 0 Å². The molecule has 0 aromatic heterocycles. The maximum absolute atomic E-state index is 13.6. The Balaban J connectivity index is 2.47. The standard InChI is InChI=1S/C14H19F2NO2/c1-3-7-17(18)8-6-14(10-17,19-2)11-4-5-12(15)13(16)9-11/h4-5,9H,3,6-8,10H2,1-2H3/i1D3,3D2,7D2. The number of ether oxygens (including phenoxy) is 1. The summed E-state index contributed by atoms with van der Waals surface area (Å²) in [6.45, 7) is -7.86. The van der Waals surface area contributed by atoms with E-state index in [9.17, 15) is 14.0 Å². The van der Waals surface area contributed by atoms with Crippen LogP contribution < -0.4 is 0 Å². The topological polar surface area (TPSA) is 32.3 Å². The molecule has 0 amide bonds. The molecule has 0 bridgehead atoms. The Kier molecular flexibility index (Phi) is 2.08. The molecule has 0 spiro atoms. The molecule has 0 N–H and O–H groups in total. The molecular formula is C14H19F2NO2. The van der Waals surface area contributed by atoms with Gasteiger partial charge >= 0.3 is 0 Å². The average Bonchev–Trinajstić information content (AvgIpc) is 2.89. The quantitative estimate of drug-likeness (QED) is 0.626. The normalized spacial score (nSPS) is 38.4. The van der Waals surface area contributed by atoms with Gasteiger partial charge in [0.1, 0.15) is 12.1 Å². The molecule has 19 heavy (non-hydrogen) atoms. The van der Waals surface area contributed by atoms with Gasteiger partial charge in [-0.05, 0) is 24.1 Å². The maximum Gasteiger partial charge on any atom is 0.159 e. The smallest absolute Gasteiger partial charge is 0.159 e. The summed E-state index contributed by atoms with van der Waals surface area (Å²) in [7, 11) is 1.21.